The lowest BCUT2D eigenvalue weighted by Crippen LogP contribution is -2.43. The van der Waals surface area contributed by atoms with Crippen LogP contribution in [0, 0.1) is 11.3 Å². The number of nitriles is 1. The number of ether oxygens (including phenoxy) is 1. The van der Waals surface area contributed by atoms with Gasteiger partial charge in [0.2, 0.25) is 0 Å². The fraction of sp³-hybridized carbons (Fsp3) is 0.316. The van der Waals surface area contributed by atoms with Crippen LogP contribution in [0.5, 0.6) is 5.75 Å². The molecule has 0 aliphatic rings. The zero-order valence-electron chi connectivity index (χ0n) is 14.1. The first-order chi connectivity index (χ1) is 11.5. The topological polar surface area (TPSA) is 66.2 Å². The Kier molecular flexibility index (Phi) is 5.91. The monoisotopic (exact) mass is 323 g/mol. The second-order valence-electron chi connectivity index (χ2n) is 5.82. The fourth-order valence-corrected chi connectivity index (χ4v) is 2.30. The highest BCUT2D eigenvalue weighted by Gasteiger charge is 2.24. The molecular weight excluding hydrogens is 302 g/mol. The first-order valence-electron chi connectivity index (χ1n) is 7.87. The first kappa shape index (κ1) is 17.5. The molecule has 0 spiro atoms. The van der Waals surface area contributed by atoms with E-state index >= 15 is 0 Å². The van der Waals surface area contributed by atoms with Gasteiger partial charge in [0, 0.05) is 25.0 Å². The van der Waals surface area contributed by atoms with Crippen molar-refractivity contribution in [2.75, 3.05) is 0 Å². The molecule has 0 saturated heterocycles. The molecule has 1 aromatic heterocycles. The van der Waals surface area contributed by atoms with E-state index in [-0.39, 0.29) is 11.9 Å². The minimum Gasteiger partial charge on any atom is -0.481 e. The number of pyridine rings is 1. The van der Waals surface area contributed by atoms with Gasteiger partial charge in [0.1, 0.15) is 5.75 Å². The van der Waals surface area contributed by atoms with Crippen molar-refractivity contribution < 1.29 is 9.53 Å². The molecule has 0 aliphatic carbocycles. The average molecular weight is 323 g/mol. The molecule has 2 aromatic rings. The van der Waals surface area contributed by atoms with Gasteiger partial charge in [-0.1, -0.05) is 6.07 Å². The molecule has 1 heterocycles. The first-order valence-corrected chi connectivity index (χ1v) is 7.87. The van der Waals surface area contributed by atoms with E-state index in [9.17, 15) is 4.79 Å². The summed E-state index contributed by atoms with van der Waals surface area (Å²) in [5, 5.41) is 8.82. The lowest BCUT2D eigenvalue weighted by Gasteiger charge is -2.29. The number of amides is 1. The zero-order valence-corrected chi connectivity index (χ0v) is 14.1. The second-order valence-corrected chi connectivity index (χ2v) is 5.82. The number of carbonyl (C=O) groups excluding carboxylic acids is 1. The lowest BCUT2D eigenvalue weighted by molar-refractivity contribution is -0.140. The second kappa shape index (κ2) is 8.11. The molecule has 0 unspecified atom stereocenters. The number of hydrogen-bond acceptors (Lipinski definition) is 4. The van der Waals surface area contributed by atoms with Gasteiger partial charge in [-0.2, -0.15) is 5.26 Å². The molecule has 0 N–H and O–H groups in total. The maximum Gasteiger partial charge on any atom is 0.263 e. The van der Waals surface area contributed by atoms with Gasteiger partial charge in [-0.3, -0.25) is 9.78 Å². The Labute approximate surface area is 142 Å². The summed E-state index contributed by atoms with van der Waals surface area (Å²) in [4.78, 5) is 18.6. The number of aromatic nitrogens is 1. The van der Waals surface area contributed by atoms with Crippen LogP contribution in [0.15, 0.2) is 48.8 Å². The molecule has 1 aromatic carbocycles. The standard InChI is InChI=1S/C19H21N3O2/c1-14(2)22(13-17-5-4-10-21-12-17)19(23)15(3)24-18-8-6-16(11-20)7-9-18/h4-10,12,14-15H,13H2,1-3H3/t15-/m1/s1. The molecule has 0 fully saturated rings. The Bertz CT molecular complexity index is 706. The quantitative estimate of drug-likeness (QED) is 0.819. The van der Waals surface area contributed by atoms with Gasteiger partial charge in [0.05, 0.1) is 11.6 Å². The van der Waals surface area contributed by atoms with Crippen molar-refractivity contribution in [1.29, 1.82) is 5.26 Å². The van der Waals surface area contributed by atoms with Crippen LogP contribution in [0.1, 0.15) is 31.9 Å². The summed E-state index contributed by atoms with van der Waals surface area (Å²) < 4.78 is 5.73. The van der Waals surface area contributed by atoms with Crippen LogP contribution in [0.25, 0.3) is 0 Å². The number of nitrogens with zero attached hydrogens (tertiary/aromatic N) is 3. The van der Waals surface area contributed by atoms with Crippen LogP contribution in [0.4, 0.5) is 0 Å². The van der Waals surface area contributed by atoms with Crippen LogP contribution >= 0.6 is 0 Å². The largest absolute Gasteiger partial charge is 0.481 e. The fourth-order valence-electron chi connectivity index (χ4n) is 2.30. The van der Waals surface area contributed by atoms with E-state index in [0.717, 1.165) is 5.56 Å². The molecular formula is C19H21N3O2. The van der Waals surface area contributed by atoms with Gasteiger partial charge in [-0.05, 0) is 56.7 Å². The molecule has 124 valence electrons. The Balaban J connectivity index is 2.06. The summed E-state index contributed by atoms with van der Waals surface area (Å²) in [7, 11) is 0. The zero-order chi connectivity index (χ0) is 17.5. The summed E-state index contributed by atoms with van der Waals surface area (Å²) in [5.41, 5.74) is 1.53. The van der Waals surface area contributed by atoms with E-state index in [1.807, 2.05) is 26.0 Å². The summed E-state index contributed by atoms with van der Waals surface area (Å²) in [5.74, 6) is 0.484. The molecule has 0 aliphatic heterocycles. The Morgan fingerprint density at radius 1 is 1.25 bits per heavy atom. The van der Waals surface area contributed by atoms with Crippen molar-refractivity contribution in [2.45, 2.75) is 39.5 Å². The smallest absolute Gasteiger partial charge is 0.263 e. The number of carbonyl (C=O) groups is 1. The molecule has 5 nitrogen and oxygen atoms in total. The normalized spacial score (nSPS) is 11.6. The molecule has 5 heteroatoms. The molecule has 0 radical (unpaired) electrons. The van der Waals surface area contributed by atoms with Crippen molar-refractivity contribution in [3.8, 4) is 11.8 Å². The van der Waals surface area contributed by atoms with Gasteiger partial charge >= 0.3 is 0 Å². The van der Waals surface area contributed by atoms with Crippen molar-refractivity contribution in [2.24, 2.45) is 0 Å². The number of benzene rings is 1. The van der Waals surface area contributed by atoms with Crippen LogP contribution in [-0.2, 0) is 11.3 Å². The minimum atomic E-state index is -0.614. The summed E-state index contributed by atoms with van der Waals surface area (Å²) in [6.07, 6.45) is 2.85. The maximum atomic E-state index is 12.7. The Morgan fingerprint density at radius 3 is 2.50 bits per heavy atom. The Morgan fingerprint density at radius 2 is 1.96 bits per heavy atom. The van der Waals surface area contributed by atoms with Crippen LogP contribution in [-0.4, -0.2) is 27.9 Å². The average Bonchev–Trinajstić information content (AvgIpc) is 2.60. The van der Waals surface area contributed by atoms with Gasteiger partial charge in [0.15, 0.2) is 6.10 Å². The third-order valence-corrected chi connectivity index (χ3v) is 3.63. The SMILES string of the molecule is CC(C)N(Cc1cccnc1)C(=O)[C@@H](C)Oc1ccc(C#N)cc1. The summed E-state index contributed by atoms with van der Waals surface area (Å²) >= 11 is 0. The highest BCUT2D eigenvalue weighted by atomic mass is 16.5. The van der Waals surface area contributed by atoms with E-state index in [1.165, 1.54) is 0 Å². The van der Waals surface area contributed by atoms with Gasteiger partial charge in [0.25, 0.3) is 5.91 Å². The number of hydrogen-bond donors (Lipinski definition) is 0. The minimum absolute atomic E-state index is 0.0460. The van der Waals surface area contributed by atoms with Gasteiger partial charge in [-0.15, -0.1) is 0 Å². The van der Waals surface area contributed by atoms with Gasteiger partial charge in [-0.25, -0.2) is 0 Å². The predicted octanol–water partition coefficient (Wildman–Crippen LogP) is 3.16. The van der Waals surface area contributed by atoms with E-state index in [0.29, 0.717) is 17.9 Å². The Hall–Kier alpha value is -2.87. The molecule has 24 heavy (non-hydrogen) atoms. The van der Waals surface area contributed by atoms with E-state index < -0.39 is 6.10 Å². The molecule has 2 rings (SSSR count). The molecule has 0 saturated carbocycles. The molecule has 0 bridgehead atoms. The predicted molar refractivity (Wildman–Crippen MR) is 91.2 cm³/mol. The highest BCUT2D eigenvalue weighted by Crippen LogP contribution is 2.16. The third-order valence-electron chi connectivity index (χ3n) is 3.63. The van der Waals surface area contributed by atoms with Crippen molar-refractivity contribution >= 4 is 5.91 Å². The lowest BCUT2D eigenvalue weighted by atomic mass is 10.2. The van der Waals surface area contributed by atoms with E-state index in [1.54, 1.807) is 48.5 Å². The summed E-state index contributed by atoms with van der Waals surface area (Å²) in [6.45, 7) is 6.18. The van der Waals surface area contributed by atoms with Crippen LogP contribution in [0.3, 0.4) is 0 Å². The maximum absolute atomic E-state index is 12.7. The van der Waals surface area contributed by atoms with Crippen molar-refractivity contribution in [1.82, 2.24) is 9.88 Å². The molecule has 1 atom stereocenters. The summed E-state index contributed by atoms with van der Waals surface area (Å²) in [6, 6.07) is 12.6. The third kappa shape index (κ3) is 4.56. The van der Waals surface area contributed by atoms with Crippen molar-refractivity contribution in [3.05, 3.63) is 59.9 Å². The van der Waals surface area contributed by atoms with Crippen LogP contribution < -0.4 is 4.74 Å². The van der Waals surface area contributed by atoms with E-state index in [2.05, 4.69) is 11.1 Å². The van der Waals surface area contributed by atoms with E-state index in [4.69, 9.17) is 10.00 Å². The van der Waals surface area contributed by atoms with Gasteiger partial charge < -0.3 is 9.64 Å². The van der Waals surface area contributed by atoms with Crippen LogP contribution in [0.2, 0.25) is 0 Å². The van der Waals surface area contributed by atoms with Crippen molar-refractivity contribution in [3.63, 3.8) is 0 Å². The highest BCUT2D eigenvalue weighted by molar-refractivity contribution is 5.81. The molecule has 1 amide bonds. The number of rotatable bonds is 6.